The molecule has 1 saturated heterocycles. The quantitative estimate of drug-likeness (QED) is 0.495. The molecule has 0 aromatic heterocycles. The molecule has 2 rings (SSSR count). The van der Waals surface area contributed by atoms with Crippen LogP contribution >= 0.6 is 0 Å². The van der Waals surface area contributed by atoms with E-state index >= 15 is 0 Å². The van der Waals surface area contributed by atoms with Crippen LogP contribution in [0.3, 0.4) is 0 Å². The summed E-state index contributed by atoms with van der Waals surface area (Å²) in [5.41, 5.74) is 0.442. The third-order valence-electron chi connectivity index (χ3n) is 5.64. The van der Waals surface area contributed by atoms with Crippen molar-refractivity contribution in [3.63, 3.8) is 0 Å². The van der Waals surface area contributed by atoms with Crippen molar-refractivity contribution in [1.82, 2.24) is 10.2 Å². The minimum Gasteiger partial charge on any atom is -0.314 e. The zero-order chi connectivity index (χ0) is 19.5. The van der Waals surface area contributed by atoms with E-state index in [9.17, 15) is 13.2 Å². The highest BCUT2D eigenvalue weighted by molar-refractivity contribution is 5.24. The van der Waals surface area contributed by atoms with E-state index in [1.165, 1.54) is 70.3 Å². The maximum atomic E-state index is 12.5. The van der Waals surface area contributed by atoms with Gasteiger partial charge in [0.15, 0.2) is 0 Å². The second kappa shape index (κ2) is 11.7. The summed E-state index contributed by atoms with van der Waals surface area (Å²) in [5, 5.41) is 3.70. The molecule has 0 radical (unpaired) electrons. The molecule has 1 aromatic rings. The fraction of sp³-hybridized carbons (Fsp3) is 0.727. The summed E-state index contributed by atoms with van der Waals surface area (Å²) in [6.07, 6.45) is 6.38. The third-order valence-corrected chi connectivity index (χ3v) is 5.64. The van der Waals surface area contributed by atoms with E-state index in [1.54, 1.807) is 12.1 Å². The zero-order valence-corrected chi connectivity index (χ0v) is 16.7. The maximum Gasteiger partial charge on any atom is 0.416 e. The van der Waals surface area contributed by atoms with Crippen molar-refractivity contribution in [1.29, 1.82) is 0 Å². The average molecular weight is 385 g/mol. The van der Waals surface area contributed by atoms with Crippen molar-refractivity contribution in [2.24, 2.45) is 0 Å². The van der Waals surface area contributed by atoms with Crippen LogP contribution in [0.5, 0.6) is 0 Å². The molecule has 1 aliphatic heterocycles. The van der Waals surface area contributed by atoms with Gasteiger partial charge in [-0.25, -0.2) is 0 Å². The molecule has 0 unspecified atom stereocenters. The lowest BCUT2D eigenvalue weighted by molar-refractivity contribution is -0.137. The fourth-order valence-corrected chi connectivity index (χ4v) is 3.78. The van der Waals surface area contributed by atoms with Gasteiger partial charge in [0.25, 0.3) is 0 Å². The molecule has 1 fully saturated rings. The Labute approximate surface area is 162 Å². The maximum absolute atomic E-state index is 12.5. The van der Waals surface area contributed by atoms with Crippen LogP contribution in [-0.4, -0.2) is 37.1 Å². The van der Waals surface area contributed by atoms with Crippen LogP contribution in [0.1, 0.15) is 69.4 Å². The number of alkyl halides is 3. The molecule has 5 heteroatoms. The topological polar surface area (TPSA) is 15.3 Å². The largest absolute Gasteiger partial charge is 0.416 e. The molecule has 0 bridgehead atoms. The lowest BCUT2D eigenvalue weighted by Gasteiger charge is -2.31. The van der Waals surface area contributed by atoms with Gasteiger partial charge in [-0.1, -0.05) is 44.7 Å². The second-order valence-corrected chi connectivity index (χ2v) is 7.73. The number of piperidine rings is 1. The Kier molecular flexibility index (Phi) is 9.63. The summed E-state index contributed by atoms with van der Waals surface area (Å²) in [6, 6.07) is 6.30. The Morgan fingerprint density at radius 3 is 2.11 bits per heavy atom. The van der Waals surface area contributed by atoms with Crippen LogP contribution < -0.4 is 5.32 Å². The first-order valence-corrected chi connectivity index (χ1v) is 10.6. The molecule has 1 aromatic carbocycles. The number of likely N-dealkylation sites (tertiary alicyclic amines) is 1. The number of rotatable bonds is 11. The van der Waals surface area contributed by atoms with E-state index in [0.717, 1.165) is 31.4 Å². The van der Waals surface area contributed by atoms with Crippen LogP contribution in [0.2, 0.25) is 0 Å². The summed E-state index contributed by atoms with van der Waals surface area (Å²) in [4.78, 5) is 2.52. The summed E-state index contributed by atoms with van der Waals surface area (Å²) >= 11 is 0. The van der Waals surface area contributed by atoms with Crippen LogP contribution in [0.4, 0.5) is 13.2 Å². The molecule has 0 atom stereocenters. The summed E-state index contributed by atoms with van der Waals surface area (Å²) in [7, 11) is 0. The molecular weight excluding hydrogens is 349 g/mol. The molecular formula is C22H35F3N2. The first-order chi connectivity index (χ1) is 13.0. The summed E-state index contributed by atoms with van der Waals surface area (Å²) < 4.78 is 37.6. The Bertz CT molecular complexity index is 505. The number of benzene rings is 1. The molecule has 154 valence electrons. The molecule has 0 saturated carbocycles. The number of nitrogens with one attached hydrogen (secondary N) is 1. The smallest absolute Gasteiger partial charge is 0.314 e. The number of nitrogens with zero attached hydrogens (tertiary/aromatic N) is 1. The SMILES string of the molecule is CCN1CCC(NCCCCCCCCc2ccc(C(F)(F)F)cc2)CC1. The van der Waals surface area contributed by atoms with Crippen molar-refractivity contribution >= 4 is 0 Å². The van der Waals surface area contributed by atoms with Crippen molar-refractivity contribution in [3.8, 4) is 0 Å². The van der Waals surface area contributed by atoms with Gasteiger partial charge in [0.2, 0.25) is 0 Å². The predicted molar refractivity (Wildman–Crippen MR) is 106 cm³/mol. The lowest BCUT2D eigenvalue weighted by atomic mass is 10.0. The predicted octanol–water partition coefficient (Wildman–Crippen LogP) is 5.66. The van der Waals surface area contributed by atoms with Gasteiger partial charge >= 0.3 is 6.18 Å². The molecule has 0 amide bonds. The average Bonchev–Trinajstić information content (AvgIpc) is 2.67. The van der Waals surface area contributed by atoms with Crippen LogP contribution in [0, 0.1) is 0 Å². The van der Waals surface area contributed by atoms with E-state index < -0.39 is 11.7 Å². The molecule has 1 N–H and O–H groups in total. The molecule has 27 heavy (non-hydrogen) atoms. The van der Waals surface area contributed by atoms with Gasteiger partial charge in [-0.2, -0.15) is 13.2 Å². The fourth-order valence-electron chi connectivity index (χ4n) is 3.78. The van der Waals surface area contributed by atoms with Crippen LogP contribution in [0.25, 0.3) is 0 Å². The van der Waals surface area contributed by atoms with E-state index in [1.807, 2.05) is 0 Å². The number of unbranched alkanes of at least 4 members (excludes halogenated alkanes) is 5. The summed E-state index contributed by atoms with van der Waals surface area (Å²) in [5.74, 6) is 0. The molecule has 1 heterocycles. The van der Waals surface area contributed by atoms with Crippen molar-refractivity contribution < 1.29 is 13.2 Å². The standard InChI is InChI=1S/C22H35F3N2/c1-2-27-17-14-21(15-18-27)26-16-8-6-4-3-5-7-9-19-10-12-20(13-11-19)22(23,24)25/h10-13,21,26H,2-9,14-18H2,1H3. The van der Waals surface area contributed by atoms with Gasteiger partial charge in [0.05, 0.1) is 5.56 Å². The lowest BCUT2D eigenvalue weighted by Crippen LogP contribution is -2.42. The van der Waals surface area contributed by atoms with Gasteiger partial charge in [0, 0.05) is 6.04 Å². The Hall–Kier alpha value is -1.07. The monoisotopic (exact) mass is 384 g/mol. The first-order valence-electron chi connectivity index (χ1n) is 10.6. The van der Waals surface area contributed by atoms with E-state index in [4.69, 9.17) is 0 Å². The van der Waals surface area contributed by atoms with Crippen LogP contribution in [-0.2, 0) is 12.6 Å². The highest BCUT2D eigenvalue weighted by Gasteiger charge is 2.29. The van der Waals surface area contributed by atoms with Gasteiger partial charge in [-0.15, -0.1) is 0 Å². The highest BCUT2D eigenvalue weighted by atomic mass is 19.4. The van der Waals surface area contributed by atoms with Gasteiger partial charge in [-0.05, 0) is 76.0 Å². The second-order valence-electron chi connectivity index (χ2n) is 7.73. The molecule has 1 aliphatic rings. The number of aryl methyl sites for hydroxylation is 1. The van der Waals surface area contributed by atoms with Crippen molar-refractivity contribution in [3.05, 3.63) is 35.4 Å². The minimum absolute atomic E-state index is 0.559. The van der Waals surface area contributed by atoms with Crippen molar-refractivity contribution in [2.75, 3.05) is 26.2 Å². The Morgan fingerprint density at radius 2 is 1.52 bits per heavy atom. The van der Waals surface area contributed by atoms with E-state index in [-0.39, 0.29) is 0 Å². The number of halogens is 3. The van der Waals surface area contributed by atoms with Gasteiger partial charge < -0.3 is 10.2 Å². The Morgan fingerprint density at radius 1 is 0.926 bits per heavy atom. The van der Waals surface area contributed by atoms with Crippen LogP contribution in [0.15, 0.2) is 24.3 Å². The van der Waals surface area contributed by atoms with Crippen molar-refractivity contribution in [2.45, 2.75) is 76.9 Å². The van der Waals surface area contributed by atoms with Gasteiger partial charge in [-0.3, -0.25) is 0 Å². The molecule has 2 nitrogen and oxygen atoms in total. The summed E-state index contributed by atoms with van der Waals surface area (Å²) in [6.45, 7) is 6.99. The molecule has 0 spiro atoms. The Balaban J connectivity index is 1.43. The van der Waals surface area contributed by atoms with E-state index in [0.29, 0.717) is 6.04 Å². The van der Waals surface area contributed by atoms with E-state index in [2.05, 4.69) is 17.1 Å². The molecule has 0 aliphatic carbocycles. The third kappa shape index (κ3) is 8.65. The number of hydrogen-bond donors (Lipinski definition) is 1. The normalized spacial score (nSPS) is 16.7. The number of hydrogen-bond acceptors (Lipinski definition) is 2. The van der Waals surface area contributed by atoms with Gasteiger partial charge in [0.1, 0.15) is 0 Å². The highest BCUT2D eigenvalue weighted by Crippen LogP contribution is 2.29. The first kappa shape index (κ1) is 22.2. The zero-order valence-electron chi connectivity index (χ0n) is 16.7. The minimum atomic E-state index is -4.24.